The first-order chi connectivity index (χ1) is 12.1. The number of hydrogen-bond acceptors (Lipinski definition) is 4. The number of carbonyl (C=O) groups excluding carboxylic acids is 1. The van der Waals surface area contributed by atoms with Crippen LogP contribution in [0.2, 0.25) is 0 Å². The Kier molecular flexibility index (Phi) is 7.64. The first-order valence-electron chi connectivity index (χ1n) is 8.69. The maximum atomic E-state index is 12.0. The van der Waals surface area contributed by atoms with Gasteiger partial charge >= 0.3 is 5.97 Å². The van der Waals surface area contributed by atoms with Crippen LogP contribution in [0.3, 0.4) is 0 Å². The molecule has 0 aliphatic heterocycles. The van der Waals surface area contributed by atoms with Crippen molar-refractivity contribution in [3.05, 3.63) is 60.2 Å². The van der Waals surface area contributed by atoms with Gasteiger partial charge in [0.1, 0.15) is 0 Å². The lowest BCUT2D eigenvalue weighted by Crippen LogP contribution is -2.32. The molecule has 2 unspecified atom stereocenters. The van der Waals surface area contributed by atoms with Crippen molar-refractivity contribution in [1.29, 1.82) is 0 Å². The highest BCUT2D eigenvalue weighted by molar-refractivity contribution is 5.72. The number of nitrogens with two attached hydrogens (primary N) is 1. The average molecular weight is 341 g/mol. The van der Waals surface area contributed by atoms with E-state index < -0.39 is 0 Å². The number of hydrogen-bond donors (Lipinski definition) is 1. The highest BCUT2D eigenvalue weighted by atomic mass is 16.5. The molecule has 0 heterocycles. The molecule has 4 nitrogen and oxygen atoms in total. The van der Waals surface area contributed by atoms with Crippen molar-refractivity contribution >= 4 is 5.97 Å². The number of methoxy groups -OCH3 is 1. The fourth-order valence-electron chi connectivity index (χ4n) is 2.91. The average Bonchev–Trinajstić information content (AvgIpc) is 2.63. The maximum Gasteiger partial charge on any atom is 0.311 e. The van der Waals surface area contributed by atoms with Crippen LogP contribution < -0.4 is 5.73 Å². The van der Waals surface area contributed by atoms with E-state index in [1.54, 1.807) is 14.0 Å². The standard InChI is InChI=1S/C21H27NO3/c1-3-25-21(23)19(15-24-2)14-20(22)13-16-9-11-18(12-10-16)17-7-5-4-6-8-17/h4-12,19-20H,3,13-15,22H2,1-2H3. The number of benzene rings is 2. The normalized spacial score (nSPS) is 13.2. The van der Waals surface area contributed by atoms with E-state index in [2.05, 4.69) is 36.4 Å². The number of rotatable bonds is 9. The van der Waals surface area contributed by atoms with Crippen molar-refractivity contribution in [1.82, 2.24) is 0 Å². The summed E-state index contributed by atoms with van der Waals surface area (Å²) in [5.74, 6) is -0.553. The van der Waals surface area contributed by atoms with Crippen LogP contribution in [0.25, 0.3) is 11.1 Å². The topological polar surface area (TPSA) is 61.5 Å². The Balaban J connectivity index is 1.95. The van der Waals surface area contributed by atoms with E-state index in [-0.39, 0.29) is 17.9 Å². The van der Waals surface area contributed by atoms with Gasteiger partial charge in [0.25, 0.3) is 0 Å². The van der Waals surface area contributed by atoms with Crippen molar-refractivity contribution < 1.29 is 14.3 Å². The van der Waals surface area contributed by atoms with Crippen molar-refractivity contribution in [3.8, 4) is 11.1 Å². The third-order valence-corrected chi connectivity index (χ3v) is 4.13. The van der Waals surface area contributed by atoms with Crippen LogP contribution in [-0.4, -0.2) is 32.3 Å². The van der Waals surface area contributed by atoms with E-state index in [0.717, 1.165) is 5.56 Å². The van der Waals surface area contributed by atoms with Crippen LogP contribution in [0.15, 0.2) is 54.6 Å². The van der Waals surface area contributed by atoms with Gasteiger partial charge < -0.3 is 15.2 Å². The van der Waals surface area contributed by atoms with Crippen molar-refractivity contribution in [2.24, 2.45) is 11.7 Å². The second-order valence-electron chi connectivity index (χ2n) is 6.17. The predicted molar refractivity (Wildman–Crippen MR) is 100 cm³/mol. The molecule has 0 amide bonds. The molecule has 2 rings (SSSR count). The monoisotopic (exact) mass is 341 g/mol. The van der Waals surface area contributed by atoms with Crippen LogP contribution in [0, 0.1) is 5.92 Å². The molecule has 0 radical (unpaired) electrons. The van der Waals surface area contributed by atoms with Gasteiger partial charge in [-0.2, -0.15) is 0 Å². The van der Waals surface area contributed by atoms with Gasteiger partial charge in [0.15, 0.2) is 0 Å². The van der Waals surface area contributed by atoms with Gasteiger partial charge in [-0.1, -0.05) is 54.6 Å². The summed E-state index contributed by atoms with van der Waals surface area (Å²) < 4.78 is 10.2. The third-order valence-electron chi connectivity index (χ3n) is 4.13. The minimum atomic E-state index is -0.316. The molecule has 25 heavy (non-hydrogen) atoms. The zero-order valence-corrected chi connectivity index (χ0v) is 15.0. The quantitative estimate of drug-likeness (QED) is 0.710. The van der Waals surface area contributed by atoms with Gasteiger partial charge in [-0.05, 0) is 36.5 Å². The van der Waals surface area contributed by atoms with Gasteiger partial charge in [0.2, 0.25) is 0 Å². The Labute approximate surface area is 150 Å². The van der Waals surface area contributed by atoms with E-state index in [0.29, 0.717) is 26.1 Å². The SMILES string of the molecule is CCOC(=O)C(COC)CC(N)Cc1ccc(-c2ccccc2)cc1. The molecule has 134 valence electrons. The van der Waals surface area contributed by atoms with Crippen molar-refractivity contribution in [3.63, 3.8) is 0 Å². The Morgan fingerprint density at radius 2 is 1.68 bits per heavy atom. The number of ether oxygens (including phenoxy) is 2. The molecule has 2 aromatic rings. The Hall–Kier alpha value is -2.17. The molecule has 0 aromatic heterocycles. The summed E-state index contributed by atoms with van der Waals surface area (Å²) in [5.41, 5.74) is 9.79. The van der Waals surface area contributed by atoms with Gasteiger partial charge in [-0.25, -0.2) is 0 Å². The molecule has 0 spiro atoms. The number of carbonyl (C=O) groups is 1. The molecule has 4 heteroatoms. The van der Waals surface area contributed by atoms with E-state index in [1.807, 2.05) is 18.2 Å². The summed E-state index contributed by atoms with van der Waals surface area (Å²) >= 11 is 0. The van der Waals surface area contributed by atoms with Gasteiger partial charge in [-0.3, -0.25) is 4.79 Å². The van der Waals surface area contributed by atoms with Gasteiger partial charge in [0.05, 0.1) is 19.1 Å². The van der Waals surface area contributed by atoms with Crippen LogP contribution in [0.4, 0.5) is 0 Å². The summed E-state index contributed by atoms with van der Waals surface area (Å²) in [6.45, 7) is 2.50. The highest BCUT2D eigenvalue weighted by Gasteiger charge is 2.22. The molecule has 0 bridgehead atoms. The molecule has 0 fully saturated rings. The van der Waals surface area contributed by atoms with Gasteiger partial charge in [-0.15, -0.1) is 0 Å². The first kappa shape index (κ1) is 19.2. The van der Waals surface area contributed by atoms with Crippen LogP contribution in [0.5, 0.6) is 0 Å². The molecule has 2 atom stereocenters. The van der Waals surface area contributed by atoms with Crippen LogP contribution in [0.1, 0.15) is 18.9 Å². The Morgan fingerprint density at radius 1 is 1.04 bits per heavy atom. The molecule has 2 aromatic carbocycles. The minimum Gasteiger partial charge on any atom is -0.466 e. The summed E-state index contributed by atoms with van der Waals surface area (Å²) in [5, 5.41) is 0. The lowest BCUT2D eigenvalue weighted by molar-refractivity contribution is -0.150. The fourth-order valence-corrected chi connectivity index (χ4v) is 2.91. The Morgan fingerprint density at radius 3 is 2.28 bits per heavy atom. The zero-order valence-electron chi connectivity index (χ0n) is 15.0. The zero-order chi connectivity index (χ0) is 18.1. The van der Waals surface area contributed by atoms with Crippen molar-refractivity contribution in [2.75, 3.05) is 20.3 Å². The maximum absolute atomic E-state index is 12.0. The second-order valence-corrected chi connectivity index (χ2v) is 6.17. The highest BCUT2D eigenvalue weighted by Crippen LogP contribution is 2.20. The molecule has 0 saturated carbocycles. The lowest BCUT2D eigenvalue weighted by Gasteiger charge is -2.19. The van der Waals surface area contributed by atoms with Gasteiger partial charge in [0, 0.05) is 13.2 Å². The molecular formula is C21H27NO3. The third kappa shape index (κ3) is 6.00. The van der Waals surface area contributed by atoms with Crippen LogP contribution >= 0.6 is 0 Å². The smallest absolute Gasteiger partial charge is 0.311 e. The first-order valence-corrected chi connectivity index (χ1v) is 8.69. The second kappa shape index (κ2) is 9.97. The largest absolute Gasteiger partial charge is 0.466 e. The minimum absolute atomic E-state index is 0.118. The number of esters is 1. The summed E-state index contributed by atoms with van der Waals surface area (Å²) in [7, 11) is 1.58. The van der Waals surface area contributed by atoms with E-state index in [9.17, 15) is 4.79 Å². The van der Waals surface area contributed by atoms with E-state index >= 15 is 0 Å². The fraction of sp³-hybridized carbons (Fsp3) is 0.381. The lowest BCUT2D eigenvalue weighted by atomic mass is 9.95. The summed E-state index contributed by atoms with van der Waals surface area (Å²) in [6.07, 6.45) is 1.27. The van der Waals surface area contributed by atoms with Crippen molar-refractivity contribution in [2.45, 2.75) is 25.8 Å². The molecule has 0 saturated heterocycles. The van der Waals surface area contributed by atoms with E-state index in [1.165, 1.54) is 11.1 Å². The predicted octanol–water partition coefficient (Wildman–Crippen LogP) is 3.44. The molecule has 2 N–H and O–H groups in total. The van der Waals surface area contributed by atoms with E-state index in [4.69, 9.17) is 15.2 Å². The summed E-state index contributed by atoms with van der Waals surface area (Å²) in [4.78, 5) is 12.0. The van der Waals surface area contributed by atoms with Crippen LogP contribution in [-0.2, 0) is 20.7 Å². The molecule has 0 aliphatic rings. The summed E-state index contributed by atoms with van der Waals surface area (Å²) in [6, 6.07) is 18.5. The molecule has 0 aliphatic carbocycles. The molecular weight excluding hydrogens is 314 g/mol. The Bertz CT molecular complexity index is 640.